The molecule has 0 saturated carbocycles. The van der Waals surface area contributed by atoms with Crippen molar-refractivity contribution in [1.82, 2.24) is 0 Å². The van der Waals surface area contributed by atoms with E-state index in [2.05, 4.69) is 0 Å². The summed E-state index contributed by atoms with van der Waals surface area (Å²) in [4.78, 5) is 30.1. The molecule has 11 heavy (non-hydrogen) atoms. The number of carboxylic acid groups (broad SMARTS) is 2. The SMILES string of the molecule is O=C(O)O.O=P(O)(O)O.[Fe].[H-].[Na+]. The maximum Gasteiger partial charge on any atom is 1.00 e. The average Bonchev–Trinajstić information content (AvgIpc) is 1.19. The molecule has 0 rings (SSSR count). The van der Waals surface area contributed by atoms with Crippen molar-refractivity contribution < 1.29 is 82.3 Å². The van der Waals surface area contributed by atoms with Crippen molar-refractivity contribution in [3.05, 3.63) is 0 Å². The predicted octanol–water partition coefficient (Wildman–Crippen LogP) is -3.59. The monoisotopic (exact) mass is 240 g/mol. The molecule has 0 aliphatic carbocycles. The summed E-state index contributed by atoms with van der Waals surface area (Å²) in [6.45, 7) is 0. The zero-order chi connectivity index (χ0) is 8.08. The van der Waals surface area contributed by atoms with Crippen molar-refractivity contribution in [1.29, 1.82) is 0 Å². The predicted molar refractivity (Wildman–Crippen MR) is 26.0 cm³/mol. The van der Waals surface area contributed by atoms with Crippen molar-refractivity contribution in [3.8, 4) is 0 Å². The molecule has 0 aliphatic rings. The molecule has 0 aromatic rings. The minimum atomic E-state index is -4.64. The molecule has 0 bridgehead atoms. The molecule has 0 fully saturated rings. The molecular weight excluding hydrogens is 234 g/mol. The standard InChI is InChI=1S/CH2O3.Fe.Na.H3O4P.H/c2-1(3)4;;;1-5(2,3)4;/h(H2,2,3,4);;;(H3,1,2,3,4);/q;;+1;;-1. The van der Waals surface area contributed by atoms with Crippen LogP contribution in [-0.2, 0) is 21.6 Å². The van der Waals surface area contributed by atoms with Gasteiger partial charge in [-0.25, -0.2) is 9.36 Å². The van der Waals surface area contributed by atoms with Crippen LogP contribution < -0.4 is 29.6 Å². The van der Waals surface area contributed by atoms with E-state index >= 15 is 0 Å². The Morgan fingerprint density at radius 2 is 1.18 bits per heavy atom. The summed E-state index contributed by atoms with van der Waals surface area (Å²) in [6, 6.07) is 0. The number of hydrogen-bond donors (Lipinski definition) is 5. The minimum absolute atomic E-state index is 0. The van der Waals surface area contributed by atoms with Crippen LogP contribution in [-0.4, -0.2) is 31.0 Å². The fourth-order valence-electron chi connectivity index (χ4n) is 0. The first kappa shape index (κ1) is 22.7. The van der Waals surface area contributed by atoms with Gasteiger partial charge in [0, 0.05) is 17.1 Å². The van der Waals surface area contributed by atoms with Gasteiger partial charge in [-0.1, -0.05) is 0 Å². The molecule has 0 heterocycles. The molecule has 5 N–H and O–H groups in total. The van der Waals surface area contributed by atoms with Crippen LogP contribution in [0, 0.1) is 0 Å². The third kappa shape index (κ3) is 1070. The van der Waals surface area contributed by atoms with Crippen LogP contribution in [0.25, 0.3) is 0 Å². The molecule has 10 heteroatoms. The molecule has 0 aliphatic heterocycles. The molecule has 0 aromatic carbocycles. The molecule has 0 unspecified atom stereocenters. The molecule has 0 aromatic heterocycles. The molecular formula is CH6FeNaO7P. The van der Waals surface area contributed by atoms with E-state index in [4.69, 9.17) is 34.3 Å². The van der Waals surface area contributed by atoms with Gasteiger partial charge in [0.25, 0.3) is 0 Å². The van der Waals surface area contributed by atoms with Gasteiger partial charge in [0.05, 0.1) is 0 Å². The van der Waals surface area contributed by atoms with Gasteiger partial charge >= 0.3 is 43.5 Å². The quantitative estimate of drug-likeness (QED) is 0.218. The normalized spacial score (nSPS) is 7.55. The molecule has 0 spiro atoms. The third-order valence-corrected chi connectivity index (χ3v) is 0. The van der Waals surface area contributed by atoms with Crippen LogP contribution in [0.3, 0.4) is 0 Å². The van der Waals surface area contributed by atoms with E-state index in [1.165, 1.54) is 0 Å². The van der Waals surface area contributed by atoms with Crippen LogP contribution >= 0.6 is 7.82 Å². The van der Waals surface area contributed by atoms with Gasteiger partial charge < -0.3 is 26.3 Å². The second-order valence-electron chi connectivity index (χ2n) is 0.796. The van der Waals surface area contributed by atoms with E-state index in [9.17, 15) is 0 Å². The van der Waals surface area contributed by atoms with E-state index in [1.807, 2.05) is 0 Å². The van der Waals surface area contributed by atoms with Crippen molar-refractivity contribution in [2.75, 3.05) is 0 Å². The van der Waals surface area contributed by atoms with Gasteiger partial charge in [0.15, 0.2) is 0 Å². The van der Waals surface area contributed by atoms with Crippen molar-refractivity contribution >= 4 is 14.0 Å². The van der Waals surface area contributed by atoms with Crippen LogP contribution in [0.15, 0.2) is 0 Å². The molecule has 0 atom stereocenters. The second-order valence-corrected chi connectivity index (χ2v) is 1.82. The summed E-state index contributed by atoms with van der Waals surface area (Å²) in [5.74, 6) is 0. The summed E-state index contributed by atoms with van der Waals surface area (Å²) in [7, 11) is -4.64. The Morgan fingerprint density at radius 3 is 1.18 bits per heavy atom. The van der Waals surface area contributed by atoms with E-state index < -0.39 is 14.0 Å². The molecule has 7 nitrogen and oxygen atoms in total. The molecule has 0 radical (unpaired) electrons. The Kier molecular flexibility index (Phi) is 22.4. The van der Waals surface area contributed by atoms with Gasteiger partial charge in [-0.05, 0) is 0 Å². The van der Waals surface area contributed by atoms with Crippen LogP contribution in [0.2, 0.25) is 0 Å². The summed E-state index contributed by atoms with van der Waals surface area (Å²) >= 11 is 0. The van der Waals surface area contributed by atoms with Crippen molar-refractivity contribution in [2.24, 2.45) is 0 Å². The topological polar surface area (TPSA) is 135 Å². The fourth-order valence-corrected chi connectivity index (χ4v) is 0. The number of hydrogen-bond acceptors (Lipinski definition) is 2. The Bertz CT molecular complexity index is 123. The number of rotatable bonds is 0. The summed E-state index contributed by atoms with van der Waals surface area (Å²) in [5, 5.41) is 13.9. The molecule has 0 amide bonds. The van der Waals surface area contributed by atoms with E-state index in [1.54, 1.807) is 0 Å². The summed E-state index contributed by atoms with van der Waals surface area (Å²) < 4.78 is 8.88. The molecule has 0 saturated heterocycles. The average molecular weight is 240 g/mol. The zero-order valence-corrected chi connectivity index (χ0v) is 9.35. The maximum absolute atomic E-state index is 8.88. The molecule has 66 valence electrons. The maximum atomic E-state index is 8.88. The first-order valence-corrected chi connectivity index (χ1v) is 3.00. The largest absolute Gasteiger partial charge is 1.00 e. The zero-order valence-electron chi connectivity index (χ0n) is 6.35. The van der Waals surface area contributed by atoms with Gasteiger partial charge in [-0.15, -0.1) is 0 Å². The second kappa shape index (κ2) is 10.9. The Hall–Kier alpha value is 0.899. The van der Waals surface area contributed by atoms with Crippen molar-refractivity contribution in [2.45, 2.75) is 0 Å². The third-order valence-electron chi connectivity index (χ3n) is 0. The Labute approximate surface area is 95.9 Å². The van der Waals surface area contributed by atoms with E-state index in [0.717, 1.165) is 0 Å². The first-order chi connectivity index (χ1) is 3.73. The summed E-state index contributed by atoms with van der Waals surface area (Å²) in [5.41, 5.74) is 0. The van der Waals surface area contributed by atoms with E-state index in [0.29, 0.717) is 0 Å². The van der Waals surface area contributed by atoms with Gasteiger partial charge in [-0.2, -0.15) is 0 Å². The van der Waals surface area contributed by atoms with Crippen LogP contribution in [0.1, 0.15) is 1.43 Å². The van der Waals surface area contributed by atoms with Crippen molar-refractivity contribution in [3.63, 3.8) is 0 Å². The van der Waals surface area contributed by atoms with E-state index in [-0.39, 0.29) is 48.1 Å². The minimum Gasteiger partial charge on any atom is -1.00 e. The smallest absolute Gasteiger partial charge is 1.00 e. The number of carbonyl (C=O) groups is 1. The van der Waals surface area contributed by atoms with Crippen LogP contribution in [0.5, 0.6) is 0 Å². The Morgan fingerprint density at radius 1 is 1.18 bits per heavy atom. The van der Waals surface area contributed by atoms with Crippen LogP contribution in [0.4, 0.5) is 4.79 Å². The van der Waals surface area contributed by atoms with Gasteiger partial charge in [0.1, 0.15) is 0 Å². The number of phosphoric acid groups is 1. The van der Waals surface area contributed by atoms with Gasteiger partial charge in [0.2, 0.25) is 0 Å². The summed E-state index contributed by atoms with van der Waals surface area (Å²) in [6.07, 6.45) is -1.83. The van der Waals surface area contributed by atoms with Gasteiger partial charge in [-0.3, -0.25) is 0 Å². The fraction of sp³-hybridized carbons (Fsp3) is 0. The first-order valence-electron chi connectivity index (χ1n) is 1.43. The Balaban J connectivity index is -0.0000000221.